The van der Waals surface area contributed by atoms with Crippen LogP contribution in [0.4, 0.5) is 0 Å². The zero-order valence-corrected chi connectivity index (χ0v) is 21.5. The van der Waals surface area contributed by atoms with Gasteiger partial charge in [0.05, 0.1) is 13.2 Å². The summed E-state index contributed by atoms with van der Waals surface area (Å²) in [4.78, 5) is 11.5. The van der Waals surface area contributed by atoms with Crippen LogP contribution in [0.2, 0.25) is 0 Å². The second-order valence-electron chi connectivity index (χ2n) is 10.4. The van der Waals surface area contributed by atoms with Crippen molar-refractivity contribution in [2.75, 3.05) is 7.11 Å². The first-order chi connectivity index (χ1) is 14.9. The summed E-state index contributed by atoms with van der Waals surface area (Å²) in [7, 11) is 1.49. The predicted octanol–water partition coefficient (Wildman–Crippen LogP) is 7.32. The summed E-state index contributed by atoms with van der Waals surface area (Å²) in [6.07, 6.45) is 14.9. The molecule has 4 aliphatic carbocycles. The fourth-order valence-electron chi connectivity index (χ4n) is 7.82. The lowest BCUT2D eigenvalue weighted by molar-refractivity contribution is -0.140. The molecule has 0 amide bonds. The molecule has 7 atom stereocenters. The molecule has 3 saturated carbocycles. The molecular formula is C28H50O3. The van der Waals surface area contributed by atoms with E-state index in [2.05, 4.69) is 19.9 Å². The lowest BCUT2D eigenvalue weighted by Gasteiger charge is -2.58. The maximum Gasteiger partial charge on any atom is 0.305 e. The predicted molar refractivity (Wildman–Crippen MR) is 130 cm³/mol. The molecule has 3 heteroatoms. The van der Waals surface area contributed by atoms with Crippen molar-refractivity contribution in [3.63, 3.8) is 0 Å². The fourth-order valence-corrected chi connectivity index (χ4v) is 7.82. The topological polar surface area (TPSA) is 46.5 Å². The van der Waals surface area contributed by atoms with Gasteiger partial charge in [0.25, 0.3) is 0 Å². The molecule has 0 aliphatic heterocycles. The van der Waals surface area contributed by atoms with Crippen LogP contribution in [-0.4, -0.2) is 24.3 Å². The van der Waals surface area contributed by atoms with Crippen LogP contribution < -0.4 is 0 Å². The number of carbonyl (C=O) groups is 1. The summed E-state index contributed by atoms with van der Waals surface area (Å²) in [5.74, 6) is 3.21. The van der Waals surface area contributed by atoms with Crippen molar-refractivity contribution in [1.82, 2.24) is 0 Å². The molecule has 0 spiro atoms. The van der Waals surface area contributed by atoms with Gasteiger partial charge < -0.3 is 9.84 Å². The lowest BCUT2D eigenvalue weighted by Crippen LogP contribution is -2.50. The van der Waals surface area contributed by atoms with Crippen molar-refractivity contribution in [3.8, 4) is 0 Å². The van der Waals surface area contributed by atoms with Crippen LogP contribution in [0.15, 0.2) is 11.6 Å². The van der Waals surface area contributed by atoms with Gasteiger partial charge in [0.2, 0.25) is 0 Å². The van der Waals surface area contributed by atoms with Gasteiger partial charge in [0.1, 0.15) is 0 Å². The Kier molecular flexibility index (Phi) is 9.67. The molecule has 0 saturated heterocycles. The van der Waals surface area contributed by atoms with Crippen molar-refractivity contribution >= 4 is 5.97 Å². The molecule has 180 valence electrons. The molecule has 4 aliphatic rings. The molecule has 0 heterocycles. The van der Waals surface area contributed by atoms with E-state index in [1.807, 2.05) is 27.7 Å². The van der Waals surface area contributed by atoms with Gasteiger partial charge in [-0.05, 0) is 98.7 Å². The van der Waals surface area contributed by atoms with Gasteiger partial charge in [0, 0.05) is 6.42 Å². The average Bonchev–Trinajstić information content (AvgIpc) is 3.13. The molecule has 31 heavy (non-hydrogen) atoms. The SMILES string of the molecule is CC.CC.COC(=O)CCCC1CCC2C3CC=C4CC(O)CCC4(C)C3CCC12C. The summed E-state index contributed by atoms with van der Waals surface area (Å²) in [5.41, 5.74) is 2.37. The van der Waals surface area contributed by atoms with E-state index >= 15 is 0 Å². The normalized spacial score (nSPS) is 40.5. The van der Waals surface area contributed by atoms with Crippen LogP contribution in [0.25, 0.3) is 0 Å². The van der Waals surface area contributed by atoms with Crippen molar-refractivity contribution in [2.45, 2.75) is 118 Å². The van der Waals surface area contributed by atoms with E-state index in [-0.39, 0.29) is 12.1 Å². The third kappa shape index (κ3) is 5.07. The minimum Gasteiger partial charge on any atom is -0.469 e. The Bertz CT molecular complexity index is 611. The number of aliphatic hydroxyl groups excluding tert-OH is 1. The number of methoxy groups -OCH3 is 1. The number of ether oxygens (including phenoxy) is 1. The average molecular weight is 435 g/mol. The Labute approximate surface area is 192 Å². The first kappa shape index (κ1) is 26.4. The highest BCUT2D eigenvalue weighted by Gasteiger charge is 2.58. The number of hydrogen-bond acceptors (Lipinski definition) is 3. The van der Waals surface area contributed by atoms with Crippen molar-refractivity contribution < 1.29 is 14.6 Å². The Morgan fingerprint density at radius 2 is 1.77 bits per heavy atom. The van der Waals surface area contributed by atoms with E-state index in [4.69, 9.17) is 4.74 Å². The monoisotopic (exact) mass is 434 g/mol. The summed E-state index contributed by atoms with van der Waals surface area (Å²) < 4.78 is 4.82. The maximum atomic E-state index is 11.5. The molecule has 0 aromatic heterocycles. The van der Waals surface area contributed by atoms with Gasteiger partial charge in [-0.3, -0.25) is 4.79 Å². The maximum absolute atomic E-state index is 11.5. The fraction of sp³-hybridized carbons (Fsp3) is 0.893. The Balaban J connectivity index is 0.000000807. The molecule has 4 rings (SSSR count). The van der Waals surface area contributed by atoms with Crippen molar-refractivity contribution in [2.24, 2.45) is 34.5 Å². The molecule has 3 fully saturated rings. The smallest absolute Gasteiger partial charge is 0.305 e. The highest BCUT2D eigenvalue weighted by atomic mass is 16.5. The van der Waals surface area contributed by atoms with Gasteiger partial charge in [-0.25, -0.2) is 0 Å². The largest absolute Gasteiger partial charge is 0.469 e. The molecule has 3 nitrogen and oxygen atoms in total. The lowest BCUT2D eigenvalue weighted by atomic mass is 9.47. The number of carbonyl (C=O) groups excluding carboxylic acids is 1. The van der Waals surface area contributed by atoms with Crippen LogP contribution in [-0.2, 0) is 9.53 Å². The first-order valence-corrected chi connectivity index (χ1v) is 13.3. The quantitative estimate of drug-likeness (QED) is 0.372. The number of allylic oxidation sites excluding steroid dienone is 1. The number of esters is 1. The van der Waals surface area contributed by atoms with Crippen LogP contribution >= 0.6 is 0 Å². The molecule has 7 unspecified atom stereocenters. The number of rotatable bonds is 4. The van der Waals surface area contributed by atoms with Gasteiger partial charge in [-0.1, -0.05) is 53.2 Å². The summed E-state index contributed by atoms with van der Waals surface area (Å²) in [6, 6.07) is 0. The Morgan fingerprint density at radius 1 is 1.06 bits per heavy atom. The second-order valence-corrected chi connectivity index (χ2v) is 10.4. The first-order valence-electron chi connectivity index (χ1n) is 13.3. The highest BCUT2D eigenvalue weighted by molar-refractivity contribution is 5.68. The van der Waals surface area contributed by atoms with Crippen molar-refractivity contribution in [1.29, 1.82) is 0 Å². The minimum absolute atomic E-state index is 0.0595. The van der Waals surface area contributed by atoms with Crippen LogP contribution in [0, 0.1) is 34.5 Å². The minimum atomic E-state index is -0.111. The van der Waals surface area contributed by atoms with E-state index < -0.39 is 0 Å². The molecular weight excluding hydrogens is 384 g/mol. The summed E-state index contributed by atoms with van der Waals surface area (Å²) in [6.45, 7) is 13.1. The number of hydrogen-bond donors (Lipinski definition) is 1. The molecule has 0 bridgehead atoms. The van der Waals surface area contributed by atoms with E-state index in [1.54, 1.807) is 5.57 Å². The third-order valence-corrected chi connectivity index (χ3v) is 9.44. The van der Waals surface area contributed by atoms with Crippen LogP contribution in [0.1, 0.15) is 112 Å². The van der Waals surface area contributed by atoms with E-state index in [9.17, 15) is 9.90 Å². The number of aliphatic hydroxyl groups is 1. The van der Waals surface area contributed by atoms with Crippen LogP contribution in [0.5, 0.6) is 0 Å². The van der Waals surface area contributed by atoms with Gasteiger partial charge in [-0.2, -0.15) is 0 Å². The van der Waals surface area contributed by atoms with Gasteiger partial charge >= 0.3 is 5.97 Å². The molecule has 0 aromatic carbocycles. The van der Waals surface area contributed by atoms with E-state index in [0.29, 0.717) is 17.3 Å². The third-order valence-electron chi connectivity index (χ3n) is 9.44. The van der Waals surface area contributed by atoms with Gasteiger partial charge in [0.15, 0.2) is 0 Å². The standard InChI is InChI=1S/C24H38O3.2C2H6/c1-23-14-12-21-19(9-7-17-15-18(25)11-13-24(17,21)2)20(23)10-8-16(23)5-4-6-22(26)27-3;2*1-2/h7,16,18-21,25H,4-6,8-15H2,1-3H3;2*1-2H3. The Hall–Kier alpha value is -0.830. The number of fused-ring (bicyclic) bond motifs is 5. The molecule has 1 N–H and O–H groups in total. The zero-order chi connectivity index (χ0) is 23.2. The highest BCUT2D eigenvalue weighted by Crippen LogP contribution is 2.66. The van der Waals surface area contributed by atoms with E-state index in [0.717, 1.165) is 42.9 Å². The van der Waals surface area contributed by atoms with E-state index in [1.165, 1.54) is 52.1 Å². The summed E-state index contributed by atoms with van der Waals surface area (Å²) >= 11 is 0. The van der Waals surface area contributed by atoms with Gasteiger partial charge in [-0.15, -0.1) is 0 Å². The molecule has 0 radical (unpaired) electrons. The summed E-state index contributed by atoms with van der Waals surface area (Å²) in [5, 5.41) is 10.2. The van der Waals surface area contributed by atoms with Crippen molar-refractivity contribution in [3.05, 3.63) is 11.6 Å². The zero-order valence-electron chi connectivity index (χ0n) is 21.5. The molecule has 0 aromatic rings. The van der Waals surface area contributed by atoms with Crippen LogP contribution in [0.3, 0.4) is 0 Å². The Morgan fingerprint density at radius 3 is 2.45 bits per heavy atom. The second kappa shape index (κ2) is 11.3.